The molecular formula is C17H39NOS2. The van der Waals surface area contributed by atoms with E-state index in [1.807, 2.05) is 6.08 Å². The molecule has 0 aliphatic heterocycles. The Balaban J connectivity index is 4.90. The van der Waals surface area contributed by atoms with Crippen LogP contribution in [-0.4, -0.2) is 59.0 Å². The number of nitrogens with zero attached hydrogens (tertiary/aromatic N) is 1. The molecule has 0 atom stereocenters. The Morgan fingerprint density at radius 2 is 1.38 bits per heavy atom. The van der Waals surface area contributed by atoms with Gasteiger partial charge in [-0.1, -0.05) is 6.08 Å². The van der Waals surface area contributed by atoms with Gasteiger partial charge in [-0.2, -0.15) is 20.4 Å². The molecule has 0 aliphatic carbocycles. The van der Waals surface area contributed by atoms with E-state index in [1.165, 1.54) is 0 Å². The maximum absolute atomic E-state index is 6.10. The number of hydrogen-bond donors (Lipinski definition) is 0. The lowest BCUT2D eigenvalue weighted by atomic mass is 10.0. The van der Waals surface area contributed by atoms with Crippen molar-refractivity contribution in [3.8, 4) is 0 Å². The minimum absolute atomic E-state index is 0.105. The molecule has 2 nitrogen and oxygen atoms in total. The topological polar surface area (TPSA) is 12.5 Å². The summed E-state index contributed by atoms with van der Waals surface area (Å²) >= 11 is 0. The monoisotopic (exact) mass is 337 g/mol. The van der Waals surface area contributed by atoms with Crippen LogP contribution in [0.2, 0.25) is 0 Å². The second-order valence-corrected chi connectivity index (χ2v) is 16.5. The van der Waals surface area contributed by atoms with Crippen LogP contribution in [0.1, 0.15) is 40.5 Å². The molecule has 0 heterocycles. The molecule has 0 N–H and O–H groups in total. The van der Waals surface area contributed by atoms with Crippen LogP contribution in [0.4, 0.5) is 0 Å². The molecule has 21 heavy (non-hydrogen) atoms. The second kappa shape index (κ2) is 7.29. The average molecular weight is 338 g/mol. The van der Waals surface area contributed by atoms with Gasteiger partial charge in [0, 0.05) is 12.1 Å². The summed E-state index contributed by atoms with van der Waals surface area (Å²) in [6.45, 7) is 13.6. The van der Waals surface area contributed by atoms with Gasteiger partial charge < -0.3 is 4.74 Å². The van der Waals surface area contributed by atoms with E-state index in [0.717, 1.165) is 19.4 Å². The minimum atomic E-state index is -0.758. The summed E-state index contributed by atoms with van der Waals surface area (Å²) in [5.41, 5.74) is 0.0528. The maximum atomic E-state index is 6.10. The average Bonchev–Trinajstić information content (AvgIpc) is 2.09. The van der Waals surface area contributed by atoms with Crippen LogP contribution in [0.3, 0.4) is 0 Å². The third-order valence-corrected chi connectivity index (χ3v) is 8.99. The minimum Gasteiger partial charge on any atom is -0.375 e. The number of rotatable bonds is 9. The van der Waals surface area contributed by atoms with Gasteiger partial charge in [-0.05, 0) is 78.1 Å². The van der Waals surface area contributed by atoms with Crippen LogP contribution in [0.15, 0.2) is 12.7 Å². The molecule has 0 radical (unpaired) electrons. The van der Waals surface area contributed by atoms with Crippen molar-refractivity contribution < 1.29 is 4.74 Å². The second-order valence-electron chi connectivity index (χ2n) is 8.47. The van der Waals surface area contributed by atoms with E-state index in [1.54, 1.807) is 0 Å². The molecule has 0 amide bonds. The van der Waals surface area contributed by atoms with Gasteiger partial charge in [0.1, 0.15) is 0 Å². The van der Waals surface area contributed by atoms with E-state index in [9.17, 15) is 0 Å². The van der Waals surface area contributed by atoms with Crippen LogP contribution in [-0.2, 0) is 4.74 Å². The van der Waals surface area contributed by atoms with Crippen molar-refractivity contribution in [2.45, 2.75) is 51.7 Å². The first-order valence-corrected chi connectivity index (χ1v) is 13.2. The predicted molar refractivity (Wildman–Crippen MR) is 106 cm³/mol. The van der Waals surface area contributed by atoms with Crippen LogP contribution >= 0.6 is 20.4 Å². The molecule has 0 unspecified atom stereocenters. The van der Waals surface area contributed by atoms with Crippen molar-refractivity contribution >= 4 is 20.4 Å². The zero-order chi connectivity index (χ0) is 17.1. The Bertz CT molecular complexity index is 324. The standard InChI is InChI=1S/C17H39NOS2/c1-12-13-17(4,5)19-15-14-16(2,3)18(20(6,7)8)21(9,10)11/h12H,1,13-15H2,2-11H3. The summed E-state index contributed by atoms with van der Waals surface area (Å²) in [4.78, 5) is 0. The first kappa shape index (κ1) is 21.4. The summed E-state index contributed by atoms with van der Waals surface area (Å²) in [6, 6.07) is 0. The van der Waals surface area contributed by atoms with E-state index in [0.29, 0.717) is 0 Å². The van der Waals surface area contributed by atoms with Gasteiger partial charge in [-0.3, -0.25) is 0 Å². The van der Waals surface area contributed by atoms with Gasteiger partial charge in [0.2, 0.25) is 0 Å². The van der Waals surface area contributed by atoms with E-state index in [4.69, 9.17) is 4.74 Å². The fourth-order valence-electron chi connectivity index (χ4n) is 3.23. The lowest BCUT2D eigenvalue weighted by Gasteiger charge is -2.59. The van der Waals surface area contributed by atoms with Gasteiger partial charge >= 0.3 is 0 Å². The number of hydrogen-bond acceptors (Lipinski definition) is 2. The lowest BCUT2D eigenvalue weighted by Crippen LogP contribution is -2.46. The fourth-order valence-corrected chi connectivity index (χ4v) is 11.7. The smallest absolute Gasteiger partial charge is 0.0660 e. The van der Waals surface area contributed by atoms with E-state index in [-0.39, 0.29) is 11.1 Å². The Kier molecular flexibility index (Phi) is 7.41. The molecule has 0 bridgehead atoms. The highest BCUT2D eigenvalue weighted by Gasteiger charge is 2.38. The zero-order valence-corrected chi connectivity index (χ0v) is 17.7. The summed E-state index contributed by atoms with van der Waals surface area (Å²) in [6.07, 6.45) is 18.3. The first-order valence-electron chi connectivity index (χ1n) is 7.55. The highest BCUT2D eigenvalue weighted by molar-refractivity contribution is 8.43. The summed E-state index contributed by atoms with van der Waals surface area (Å²) in [7, 11) is -1.52. The predicted octanol–water partition coefficient (Wildman–Crippen LogP) is 5.05. The zero-order valence-electron chi connectivity index (χ0n) is 16.1. The first-order chi connectivity index (χ1) is 9.13. The summed E-state index contributed by atoms with van der Waals surface area (Å²) < 4.78 is 8.88. The van der Waals surface area contributed by atoms with Gasteiger partial charge in [-0.25, -0.2) is 3.71 Å². The van der Waals surface area contributed by atoms with Crippen molar-refractivity contribution in [2.75, 3.05) is 44.1 Å². The largest absolute Gasteiger partial charge is 0.375 e. The van der Waals surface area contributed by atoms with Crippen molar-refractivity contribution in [3.05, 3.63) is 12.7 Å². The fraction of sp³-hybridized carbons (Fsp3) is 0.882. The van der Waals surface area contributed by atoms with Crippen molar-refractivity contribution in [1.82, 2.24) is 3.71 Å². The molecule has 4 heteroatoms. The molecule has 0 fully saturated rings. The third-order valence-electron chi connectivity index (χ3n) is 3.33. The molecule has 0 spiro atoms. The van der Waals surface area contributed by atoms with Gasteiger partial charge in [0.05, 0.1) is 5.60 Å². The SMILES string of the molecule is C=CCC(C)(C)OCCC(C)(C)N(S(C)(C)C)S(C)(C)C. The Hall–Kier alpha value is 0.360. The normalized spacial score (nSPS) is 16.1. The molecule has 0 aromatic heterocycles. The molecule has 0 aliphatic rings. The lowest BCUT2D eigenvalue weighted by molar-refractivity contribution is -0.0241. The van der Waals surface area contributed by atoms with Gasteiger partial charge in [-0.15, -0.1) is 6.58 Å². The molecule has 0 saturated carbocycles. The maximum Gasteiger partial charge on any atom is 0.0660 e. The van der Waals surface area contributed by atoms with Crippen molar-refractivity contribution in [1.29, 1.82) is 0 Å². The molecule has 0 rings (SSSR count). The summed E-state index contributed by atoms with van der Waals surface area (Å²) in [5, 5.41) is 0. The Morgan fingerprint density at radius 3 is 1.71 bits per heavy atom. The van der Waals surface area contributed by atoms with E-state index in [2.05, 4.69) is 75.5 Å². The highest BCUT2D eigenvalue weighted by Crippen LogP contribution is 2.61. The van der Waals surface area contributed by atoms with Crippen molar-refractivity contribution in [3.63, 3.8) is 0 Å². The molecule has 130 valence electrons. The summed E-state index contributed by atoms with van der Waals surface area (Å²) in [5.74, 6) is 0. The van der Waals surface area contributed by atoms with E-state index < -0.39 is 20.4 Å². The van der Waals surface area contributed by atoms with Crippen LogP contribution in [0.5, 0.6) is 0 Å². The van der Waals surface area contributed by atoms with Crippen LogP contribution in [0.25, 0.3) is 0 Å². The Morgan fingerprint density at radius 1 is 0.952 bits per heavy atom. The molecule has 0 saturated heterocycles. The van der Waals surface area contributed by atoms with Crippen LogP contribution < -0.4 is 0 Å². The molecule has 0 aromatic rings. The Labute approximate surface area is 137 Å². The molecule has 0 aromatic carbocycles. The van der Waals surface area contributed by atoms with Gasteiger partial charge in [0.25, 0.3) is 0 Å². The number of ether oxygens (including phenoxy) is 1. The van der Waals surface area contributed by atoms with Crippen LogP contribution in [0, 0.1) is 0 Å². The van der Waals surface area contributed by atoms with Crippen molar-refractivity contribution in [2.24, 2.45) is 0 Å². The highest BCUT2D eigenvalue weighted by atomic mass is 32.3. The molecular weight excluding hydrogens is 298 g/mol. The third kappa shape index (κ3) is 7.45. The van der Waals surface area contributed by atoms with Gasteiger partial charge in [0.15, 0.2) is 0 Å². The van der Waals surface area contributed by atoms with E-state index >= 15 is 0 Å². The quantitative estimate of drug-likeness (QED) is 0.546.